The van der Waals surface area contributed by atoms with Gasteiger partial charge in [0.15, 0.2) is 0 Å². The van der Waals surface area contributed by atoms with E-state index in [9.17, 15) is 4.79 Å². The summed E-state index contributed by atoms with van der Waals surface area (Å²) in [5.74, 6) is 1.68. The first-order valence-electron chi connectivity index (χ1n) is 7.55. The third-order valence-corrected chi connectivity index (χ3v) is 3.76. The zero-order valence-electron chi connectivity index (χ0n) is 13.6. The quantitative estimate of drug-likeness (QED) is 0.824. The van der Waals surface area contributed by atoms with Gasteiger partial charge in [0, 0.05) is 46.8 Å². The lowest BCUT2D eigenvalue weighted by Gasteiger charge is -2.35. The number of methoxy groups -OCH3 is 1. The van der Waals surface area contributed by atoms with Crippen LogP contribution < -0.4 is 9.47 Å². The Balaban J connectivity index is 1.67. The van der Waals surface area contributed by atoms with Crippen LogP contribution in [0.5, 0.6) is 11.5 Å². The number of piperazine rings is 1. The normalized spacial score (nSPS) is 15.5. The van der Waals surface area contributed by atoms with Gasteiger partial charge in [-0.05, 0) is 24.3 Å². The molecule has 1 aliphatic rings. The molecule has 1 heterocycles. The van der Waals surface area contributed by atoms with Crippen molar-refractivity contribution in [2.24, 2.45) is 0 Å². The van der Waals surface area contributed by atoms with Gasteiger partial charge in [0.2, 0.25) is 0 Å². The summed E-state index contributed by atoms with van der Waals surface area (Å²) in [6, 6.07) is 7.69. The number of urea groups is 1. The average Bonchev–Trinajstić information content (AvgIpc) is 2.55. The second-order valence-corrected chi connectivity index (χ2v) is 5.53. The number of rotatable bonds is 5. The maximum Gasteiger partial charge on any atom is 0.319 e. The summed E-state index contributed by atoms with van der Waals surface area (Å²) in [6.07, 6.45) is 0. The van der Waals surface area contributed by atoms with Crippen molar-refractivity contribution in [3.63, 3.8) is 0 Å². The Kier molecular flexibility index (Phi) is 5.89. The van der Waals surface area contributed by atoms with Crippen LogP contribution in [-0.2, 0) is 0 Å². The molecular weight excluding hydrogens is 282 g/mol. The summed E-state index contributed by atoms with van der Waals surface area (Å²) in [4.78, 5) is 17.7. The molecule has 0 unspecified atom stereocenters. The van der Waals surface area contributed by atoms with E-state index in [1.807, 2.05) is 29.2 Å². The molecule has 1 aliphatic heterocycles. The van der Waals surface area contributed by atoms with Gasteiger partial charge in [0.05, 0.1) is 7.11 Å². The molecule has 2 amide bonds. The number of carbonyl (C=O) groups is 1. The summed E-state index contributed by atoms with van der Waals surface area (Å²) in [5.41, 5.74) is 0. The fraction of sp³-hybridized carbons (Fsp3) is 0.562. The summed E-state index contributed by atoms with van der Waals surface area (Å²) < 4.78 is 10.9. The Morgan fingerprint density at radius 1 is 1.09 bits per heavy atom. The zero-order chi connectivity index (χ0) is 15.9. The maximum absolute atomic E-state index is 11.9. The van der Waals surface area contributed by atoms with Crippen LogP contribution in [0.15, 0.2) is 24.3 Å². The van der Waals surface area contributed by atoms with Crippen LogP contribution in [0.3, 0.4) is 0 Å². The standard InChI is InChI=1S/C16H25N3O3/c1-17(2)16(20)19-10-8-18(9-11-19)12-13-22-15-6-4-14(21-3)5-7-15/h4-7H,8-13H2,1-3H3. The van der Waals surface area contributed by atoms with E-state index >= 15 is 0 Å². The number of nitrogens with zero attached hydrogens (tertiary/aromatic N) is 3. The zero-order valence-corrected chi connectivity index (χ0v) is 13.6. The van der Waals surface area contributed by atoms with Gasteiger partial charge in [-0.25, -0.2) is 4.79 Å². The monoisotopic (exact) mass is 307 g/mol. The predicted molar refractivity (Wildman–Crippen MR) is 85.6 cm³/mol. The summed E-state index contributed by atoms with van der Waals surface area (Å²) in [7, 11) is 5.23. The Labute approximate surface area is 132 Å². The Morgan fingerprint density at radius 3 is 2.23 bits per heavy atom. The Bertz CT molecular complexity index is 468. The lowest BCUT2D eigenvalue weighted by atomic mass is 10.3. The van der Waals surface area contributed by atoms with Gasteiger partial charge in [0.25, 0.3) is 0 Å². The van der Waals surface area contributed by atoms with E-state index < -0.39 is 0 Å². The van der Waals surface area contributed by atoms with Gasteiger partial charge >= 0.3 is 6.03 Å². The molecular formula is C16H25N3O3. The molecule has 2 rings (SSSR count). The van der Waals surface area contributed by atoms with E-state index in [0.717, 1.165) is 44.2 Å². The van der Waals surface area contributed by atoms with Crippen molar-refractivity contribution in [2.75, 3.05) is 60.5 Å². The topological polar surface area (TPSA) is 45.3 Å². The van der Waals surface area contributed by atoms with Crippen LogP contribution in [0.2, 0.25) is 0 Å². The van der Waals surface area contributed by atoms with Crippen LogP contribution in [0, 0.1) is 0 Å². The highest BCUT2D eigenvalue weighted by atomic mass is 16.5. The van der Waals surface area contributed by atoms with Crippen LogP contribution in [0.1, 0.15) is 0 Å². The van der Waals surface area contributed by atoms with E-state index in [-0.39, 0.29) is 6.03 Å². The lowest BCUT2D eigenvalue weighted by molar-refractivity contribution is 0.113. The second kappa shape index (κ2) is 7.89. The summed E-state index contributed by atoms with van der Waals surface area (Å²) >= 11 is 0. The lowest BCUT2D eigenvalue weighted by Crippen LogP contribution is -2.52. The SMILES string of the molecule is COc1ccc(OCCN2CCN(C(=O)N(C)C)CC2)cc1. The molecule has 1 saturated heterocycles. The van der Waals surface area contributed by atoms with Crippen molar-refractivity contribution in [3.05, 3.63) is 24.3 Å². The van der Waals surface area contributed by atoms with Gasteiger partial charge in [-0.3, -0.25) is 4.90 Å². The number of hydrogen-bond acceptors (Lipinski definition) is 4. The third kappa shape index (κ3) is 4.53. The minimum Gasteiger partial charge on any atom is -0.497 e. The molecule has 22 heavy (non-hydrogen) atoms. The average molecular weight is 307 g/mol. The first-order chi connectivity index (χ1) is 10.6. The Hall–Kier alpha value is -1.95. The summed E-state index contributed by atoms with van der Waals surface area (Å²) in [6.45, 7) is 4.86. The molecule has 6 heteroatoms. The molecule has 0 atom stereocenters. The van der Waals surface area contributed by atoms with Crippen molar-refractivity contribution < 1.29 is 14.3 Å². The first kappa shape index (κ1) is 16.4. The molecule has 0 spiro atoms. The number of benzene rings is 1. The van der Waals surface area contributed by atoms with E-state index in [4.69, 9.17) is 9.47 Å². The molecule has 0 N–H and O–H groups in total. The highest BCUT2D eigenvalue weighted by molar-refractivity contribution is 5.73. The van der Waals surface area contributed by atoms with Crippen LogP contribution >= 0.6 is 0 Å². The first-order valence-corrected chi connectivity index (χ1v) is 7.55. The van der Waals surface area contributed by atoms with Crippen LogP contribution in [-0.4, -0.2) is 81.3 Å². The molecule has 1 aromatic carbocycles. The van der Waals surface area contributed by atoms with Gasteiger partial charge in [-0.2, -0.15) is 0 Å². The number of hydrogen-bond donors (Lipinski definition) is 0. The van der Waals surface area contributed by atoms with Gasteiger partial charge < -0.3 is 19.3 Å². The molecule has 6 nitrogen and oxygen atoms in total. The van der Waals surface area contributed by atoms with E-state index in [1.165, 1.54) is 0 Å². The van der Waals surface area contributed by atoms with Crippen molar-refractivity contribution in [2.45, 2.75) is 0 Å². The second-order valence-electron chi connectivity index (χ2n) is 5.53. The molecule has 0 aromatic heterocycles. The van der Waals surface area contributed by atoms with E-state index in [2.05, 4.69) is 4.90 Å². The minimum absolute atomic E-state index is 0.0918. The number of ether oxygens (including phenoxy) is 2. The molecule has 0 aliphatic carbocycles. The fourth-order valence-electron chi connectivity index (χ4n) is 2.41. The summed E-state index contributed by atoms with van der Waals surface area (Å²) in [5, 5.41) is 0. The van der Waals surface area contributed by atoms with E-state index in [0.29, 0.717) is 6.61 Å². The van der Waals surface area contributed by atoms with Crippen molar-refractivity contribution in [1.82, 2.24) is 14.7 Å². The maximum atomic E-state index is 11.9. The van der Waals surface area contributed by atoms with Gasteiger partial charge in [0.1, 0.15) is 18.1 Å². The molecule has 122 valence electrons. The number of amides is 2. The highest BCUT2D eigenvalue weighted by Crippen LogP contribution is 2.17. The minimum atomic E-state index is 0.0918. The van der Waals surface area contributed by atoms with Crippen molar-refractivity contribution in [1.29, 1.82) is 0 Å². The number of carbonyl (C=O) groups excluding carboxylic acids is 1. The van der Waals surface area contributed by atoms with Crippen molar-refractivity contribution >= 4 is 6.03 Å². The highest BCUT2D eigenvalue weighted by Gasteiger charge is 2.21. The molecule has 0 saturated carbocycles. The molecule has 1 aromatic rings. The van der Waals surface area contributed by atoms with Crippen LogP contribution in [0.4, 0.5) is 4.79 Å². The third-order valence-electron chi connectivity index (χ3n) is 3.76. The Morgan fingerprint density at radius 2 is 1.68 bits per heavy atom. The molecule has 1 fully saturated rings. The molecule has 0 radical (unpaired) electrons. The fourth-order valence-corrected chi connectivity index (χ4v) is 2.41. The van der Waals surface area contributed by atoms with Gasteiger partial charge in [-0.15, -0.1) is 0 Å². The van der Waals surface area contributed by atoms with E-state index in [1.54, 1.807) is 26.1 Å². The van der Waals surface area contributed by atoms with Gasteiger partial charge in [-0.1, -0.05) is 0 Å². The largest absolute Gasteiger partial charge is 0.497 e. The predicted octanol–water partition coefficient (Wildman–Crippen LogP) is 1.37. The van der Waals surface area contributed by atoms with Crippen LogP contribution in [0.25, 0.3) is 0 Å². The van der Waals surface area contributed by atoms with Crippen molar-refractivity contribution in [3.8, 4) is 11.5 Å². The molecule has 0 bridgehead atoms. The smallest absolute Gasteiger partial charge is 0.319 e.